The average Bonchev–Trinajstić information content (AvgIpc) is 2.34. The van der Waals surface area contributed by atoms with Gasteiger partial charge in [0.05, 0.1) is 5.38 Å². The molecule has 0 aliphatic carbocycles. The predicted octanol–water partition coefficient (Wildman–Crippen LogP) is 4.66. The Morgan fingerprint density at radius 2 is 1.76 bits per heavy atom. The highest BCUT2D eigenvalue weighted by molar-refractivity contribution is 6.33. The van der Waals surface area contributed by atoms with Crippen molar-refractivity contribution in [1.29, 1.82) is 0 Å². The molecule has 1 aliphatic rings. The van der Waals surface area contributed by atoms with E-state index in [1.54, 1.807) is 0 Å². The molecule has 0 saturated carbocycles. The van der Waals surface area contributed by atoms with Crippen molar-refractivity contribution in [3.8, 4) is 0 Å². The maximum atomic E-state index is 6.57. The molecule has 1 aliphatic heterocycles. The van der Waals surface area contributed by atoms with Crippen LogP contribution in [0, 0.1) is 19.8 Å². The van der Waals surface area contributed by atoms with Gasteiger partial charge in [0.15, 0.2) is 0 Å². The van der Waals surface area contributed by atoms with E-state index < -0.39 is 0 Å². The van der Waals surface area contributed by atoms with Crippen molar-refractivity contribution in [3.05, 3.63) is 33.8 Å². The summed E-state index contributed by atoms with van der Waals surface area (Å²) in [6.07, 6.45) is 2.05. The smallest absolute Gasteiger partial charge is 0.0629 e. The molecule has 17 heavy (non-hydrogen) atoms. The van der Waals surface area contributed by atoms with Crippen molar-refractivity contribution in [2.24, 2.45) is 5.92 Å². The lowest BCUT2D eigenvalue weighted by Crippen LogP contribution is -2.19. The molecule has 3 heteroatoms. The van der Waals surface area contributed by atoms with Gasteiger partial charge < -0.3 is 4.74 Å². The summed E-state index contributed by atoms with van der Waals surface area (Å²) in [7, 11) is 0. The Labute approximate surface area is 113 Å². The van der Waals surface area contributed by atoms with Gasteiger partial charge in [0.2, 0.25) is 0 Å². The van der Waals surface area contributed by atoms with E-state index in [2.05, 4.69) is 19.9 Å². The Hall–Kier alpha value is -0.240. The summed E-state index contributed by atoms with van der Waals surface area (Å²) in [5.74, 6) is 0.477. The fourth-order valence-electron chi connectivity index (χ4n) is 2.28. The predicted molar refractivity (Wildman–Crippen MR) is 73.1 cm³/mol. The first-order valence-corrected chi connectivity index (χ1v) is 6.89. The summed E-state index contributed by atoms with van der Waals surface area (Å²) in [5.41, 5.74) is 3.54. The molecule has 1 aromatic carbocycles. The second-order valence-corrected chi connectivity index (χ2v) is 5.69. The van der Waals surface area contributed by atoms with E-state index in [-0.39, 0.29) is 5.38 Å². The number of ether oxygens (including phenoxy) is 1. The molecule has 1 saturated heterocycles. The van der Waals surface area contributed by atoms with Crippen molar-refractivity contribution in [2.45, 2.75) is 32.1 Å². The minimum Gasteiger partial charge on any atom is -0.381 e. The number of hydrogen-bond donors (Lipinski definition) is 0. The normalized spacial score (nSPS) is 19.3. The third-order valence-corrected chi connectivity index (χ3v) is 4.51. The fraction of sp³-hybridized carbons (Fsp3) is 0.571. The van der Waals surface area contributed by atoms with Crippen molar-refractivity contribution >= 4 is 23.2 Å². The molecule has 0 amide bonds. The van der Waals surface area contributed by atoms with Crippen LogP contribution in [-0.4, -0.2) is 13.2 Å². The lowest BCUT2D eigenvalue weighted by Gasteiger charge is -2.27. The summed E-state index contributed by atoms with van der Waals surface area (Å²) in [4.78, 5) is 0. The van der Waals surface area contributed by atoms with Crippen LogP contribution in [0.1, 0.15) is 34.9 Å². The molecule has 1 nitrogen and oxygen atoms in total. The number of aryl methyl sites for hydroxylation is 2. The number of alkyl halides is 1. The molecule has 0 spiro atoms. The van der Waals surface area contributed by atoms with Gasteiger partial charge in [-0.05, 0) is 55.4 Å². The largest absolute Gasteiger partial charge is 0.381 e. The number of halogens is 2. The molecule has 0 bridgehead atoms. The summed E-state index contributed by atoms with van der Waals surface area (Å²) in [6.45, 7) is 5.80. The highest BCUT2D eigenvalue weighted by Crippen LogP contribution is 2.39. The lowest BCUT2D eigenvalue weighted by atomic mass is 9.90. The first kappa shape index (κ1) is 13.2. The molecule has 0 aromatic heterocycles. The first-order chi connectivity index (χ1) is 8.09. The highest BCUT2D eigenvalue weighted by Gasteiger charge is 2.25. The quantitative estimate of drug-likeness (QED) is 0.712. The van der Waals surface area contributed by atoms with Crippen LogP contribution in [0.3, 0.4) is 0 Å². The minimum absolute atomic E-state index is 0.00528. The van der Waals surface area contributed by atoms with Gasteiger partial charge in [0.1, 0.15) is 0 Å². The number of rotatable bonds is 2. The van der Waals surface area contributed by atoms with E-state index in [0.717, 1.165) is 36.6 Å². The van der Waals surface area contributed by atoms with Gasteiger partial charge in [-0.3, -0.25) is 0 Å². The molecule has 1 aromatic rings. The molecule has 2 rings (SSSR count). The molecular weight excluding hydrogens is 255 g/mol. The molecule has 1 heterocycles. The van der Waals surface area contributed by atoms with Crippen LogP contribution in [0.4, 0.5) is 0 Å². The van der Waals surface area contributed by atoms with E-state index in [1.165, 1.54) is 11.1 Å². The van der Waals surface area contributed by atoms with Gasteiger partial charge in [-0.25, -0.2) is 0 Å². The Morgan fingerprint density at radius 1 is 1.18 bits per heavy atom. The Bertz CT molecular complexity index is 397. The van der Waals surface area contributed by atoms with Crippen LogP contribution in [0.25, 0.3) is 0 Å². The average molecular weight is 273 g/mol. The monoisotopic (exact) mass is 272 g/mol. The van der Waals surface area contributed by atoms with Gasteiger partial charge in [-0.2, -0.15) is 0 Å². The van der Waals surface area contributed by atoms with Gasteiger partial charge in [-0.15, -0.1) is 11.6 Å². The standard InChI is InChI=1S/C14H18Cl2O/c1-9-7-12(13(15)8-10(9)2)14(16)11-3-5-17-6-4-11/h7-8,11,14H,3-6H2,1-2H3. The van der Waals surface area contributed by atoms with Crippen molar-refractivity contribution < 1.29 is 4.74 Å². The number of hydrogen-bond acceptors (Lipinski definition) is 1. The minimum atomic E-state index is 0.00528. The fourth-order valence-corrected chi connectivity index (χ4v) is 3.10. The zero-order valence-corrected chi connectivity index (χ0v) is 11.8. The SMILES string of the molecule is Cc1cc(Cl)c(C(Cl)C2CCOCC2)cc1C. The van der Waals surface area contributed by atoms with Gasteiger partial charge >= 0.3 is 0 Å². The van der Waals surface area contributed by atoms with Crippen LogP contribution in [-0.2, 0) is 4.74 Å². The zero-order valence-electron chi connectivity index (χ0n) is 10.3. The maximum absolute atomic E-state index is 6.57. The van der Waals surface area contributed by atoms with Crippen LogP contribution in [0.5, 0.6) is 0 Å². The molecule has 1 atom stereocenters. The van der Waals surface area contributed by atoms with Crippen LogP contribution >= 0.6 is 23.2 Å². The van der Waals surface area contributed by atoms with Crippen molar-refractivity contribution in [1.82, 2.24) is 0 Å². The van der Waals surface area contributed by atoms with Crippen molar-refractivity contribution in [3.63, 3.8) is 0 Å². The Balaban J connectivity index is 2.23. The summed E-state index contributed by atoms with van der Waals surface area (Å²) in [5, 5.41) is 0.797. The third kappa shape index (κ3) is 2.96. The Morgan fingerprint density at radius 3 is 2.41 bits per heavy atom. The lowest BCUT2D eigenvalue weighted by molar-refractivity contribution is 0.0651. The van der Waals surface area contributed by atoms with Crippen LogP contribution < -0.4 is 0 Å². The summed E-state index contributed by atoms with van der Waals surface area (Å²) in [6, 6.07) is 4.14. The van der Waals surface area contributed by atoms with E-state index in [9.17, 15) is 0 Å². The van der Waals surface area contributed by atoms with Gasteiger partial charge in [0.25, 0.3) is 0 Å². The van der Waals surface area contributed by atoms with Gasteiger partial charge in [-0.1, -0.05) is 17.7 Å². The van der Waals surface area contributed by atoms with Crippen LogP contribution in [0.2, 0.25) is 5.02 Å². The molecule has 0 N–H and O–H groups in total. The van der Waals surface area contributed by atoms with Crippen LogP contribution in [0.15, 0.2) is 12.1 Å². The third-order valence-electron chi connectivity index (χ3n) is 3.59. The topological polar surface area (TPSA) is 9.23 Å². The molecule has 0 radical (unpaired) electrons. The maximum Gasteiger partial charge on any atom is 0.0629 e. The van der Waals surface area contributed by atoms with Gasteiger partial charge in [0, 0.05) is 18.2 Å². The van der Waals surface area contributed by atoms with E-state index in [4.69, 9.17) is 27.9 Å². The van der Waals surface area contributed by atoms with E-state index in [1.807, 2.05) is 6.07 Å². The van der Waals surface area contributed by atoms with Crippen molar-refractivity contribution in [2.75, 3.05) is 13.2 Å². The van der Waals surface area contributed by atoms with E-state index in [0.29, 0.717) is 5.92 Å². The molecule has 1 unspecified atom stereocenters. The highest BCUT2D eigenvalue weighted by atomic mass is 35.5. The zero-order chi connectivity index (χ0) is 12.4. The second kappa shape index (κ2) is 5.60. The number of benzene rings is 1. The van der Waals surface area contributed by atoms with E-state index >= 15 is 0 Å². The second-order valence-electron chi connectivity index (χ2n) is 4.81. The molecule has 94 valence electrons. The summed E-state index contributed by atoms with van der Waals surface area (Å²) < 4.78 is 5.37. The first-order valence-electron chi connectivity index (χ1n) is 6.08. The summed E-state index contributed by atoms with van der Waals surface area (Å²) >= 11 is 12.9. The molecule has 1 fully saturated rings. The molecular formula is C14H18Cl2O. The Kier molecular flexibility index (Phi) is 4.35.